The highest BCUT2D eigenvalue weighted by Crippen LogP contribution is 2.33. The number of rotatable bonds is 2. The number of aliphatic hydroxyl groups is 1. The third kappa shape index (κ3) is 2.10. The van der Waals surface area contributed by atoms with Crippen LogP contribution in [0.5, 0.6) is 5.75 Å². The van der Waals surface area contributed by atoms with Crippen LogP contribution in [0.3, 0.4) is 0 Å². The predicted molar refractivity (Wildman–Crippen MR) is 67.8 cm³/mol. The first kappa shape index (κ1) is 11.5. The van der Waals surface area contributed by atoms with Gasteiger partial charge >= 0.3 is 0 Å². The van der Waals surface area contributed by atoms with Gasteiger partial charge in [0.25, 0.3) is 0 Å². The van der Waals surface area contributed by atoms with Crippen LogP contribution < -0.4 is 5.73 Å². The van der Waals surface area contributed by atoms with Crippen molar-refractivity contribution in [2.75, 3.05) is 5.73 Å². The molecule has 0 bridgehead atoms. The first-order valence-corrected chi connectivity index (χ1v) is 5.42. The van der Waals surface area contributed by atoms with Gasteiger partial charge in [0.15, 0.2) is 0 Å². The van der Waals surface area contributed by atoms with Gasteiger partial charge in [0.05, 0.1) is 5.69 Å². The zero-order valence-corrected chi connectivity index (χ0v) is 9.59. The second-order valence-electron chi connectivity index (χ2n) is 4.04. The maximum absolute atomic E-state index is 10.3. The molecule has 3 heteroatoms. The van der Waals surface area contributed by atoms with Crippen LogP contribution in [0.1, 0.15) is 22.8 Å². The lowest BCUT2D eigenvalue weighted by Gasteiger charge is -2.16. The van der Waals surface area contributed by atoms with E-state index in [1.807, 2.05) is 31.2 Å². The van der Waals surface area contributed by atoms with Crippen molar-refractivity contribution in [1.29, 1.82) is 0 Å². The van der Waals surface area contributed by atoms with Crippen LogP contribution in [-0.2, 0) is 0 Å². The molecule has 2 aromatic rings. The van der Waals surface area contributed by atoms with E-state index in [-0.39, 0.29) is 11.4 Å². The fourth-order valence-corrected chi connectivity index (χ4v) is 1.87. The molecule has 1 unspecified atom stereocenters. The van der Waals surface area contributed by atoms with Crippen LogP contribution in [0.4, 0.5) is 5.69 Å². The molecular weight excluding hydrogens is 214 g/mol. The maximum atomic E-state index is 10.3. The Hall–Kier alpha value is -2.00. The van der Waals surface area contributed by atoms with Gasteiger partial charge in [0.1, 0.15) is 11.9 Å². The lowest BCUT2D eigenvalue weighted by atomic mass is 9.96. The summed E-state index contributed by atoms with van der Waals surface area (Å²) >= 11 is 0. The molecule has 17 heavy (non-hydrogen) atoms. The first-order valence-electron chi connectivity index (χ1n) is 5.42. The van der Waals surface area contributed by atoms with Gasteiger partial charge in [-0.1, -0.05) is 36.4 Å². The zero-order valence-electron chi connectivity index (χ0n) is 9.59. The van der Waals surface area contributed by atoms with Crippen molar-refractivity contribution in [1.82, 2.24) is 0 Å². The molecule has 0 saturated carbocycles. The van der Waals surface area contributed by atoms with E-state index in [0.29, 0.717) is 5.56 Å². The number of benzene rings is 2. The van der Waals surface area contributed by atoms with Crippen LogP contribution in [0.2, 0.25) is 0 Å². The molecule has 0 spiro atoms. The Morgan fingerprint density at radius 1 is 1.00 bits per heavy atom. The zero-order chi connectivity index (χ0) is 12.4. The molecule has 2 aromatic carbocycles. The van der Waals surface area contributed by atoms with Crippen LogP contribution in [-0.4, -0.2) is 10.2 Å². The Morgan fingerprint density at radius 3 is 2.35 bits per heavy atom. The number of aryl methyl sites for hydroxylation is 1. The summed E-state index contributed by atoms with van der Waals surface area (Å²) < 4.78 is 0. The van der Waals surface area contributed by atoms with Crippen molar-refractivity contribution < 1.29 is 10.2 Å². The van der Waals surface area contributed by atoms with Crippen LogP contribution >= 0.6 is 0 Å². The van der Waals surface area contributed by atoms with Crippen molar-refractivity contribution in [3.05, 3.63) is 59.2 Å². The second kappa shape index (κ2) is 4.47. The number of nitrogen functional groups attached to an aromatic ring is 1. The summed E-state index contributed by atoms with van der Waals surface area (Å²) in [7, 11) is 0. The summed E-state index contributed by atoms with van der Waals surface area (Å²) in [6.07, 6.45) is -0.816. The van der Waals surface area contributed by atoms with E-state index in [9.17, 15) is 10.2 Å². The number of nitrogens with two attached hydrogens (primary N) is 1. The van der Waals surface area contributed by atoms with E-state index >= 15 is 0 Å². The monoisotopic (exact) mass is 229 g/mol. The molecule has 0 aliphatic rings. The first-order chi connectivity index (χ1) is 8.11. The summed E-state index contributed by atoms with van der Waals surface area (Å²) in [4.78, 5) is 0. The number of aromatic hydroxyl groups is 1. The lowest BCUT2D eigenvalue weighted by molar-refractivity contribution is 0.220. The summed E-state index contributed by atoms with van der Waals surface area (Å²) in [5, 5.41) is 19.8. The predicted octanol–water partition coefficient (Wildman–Crippen LogP) is 2.36. The smallest absolute Gasteiger partial charge is 0.138 e. The van der Waals surface area contributed by atoms with Gasteiger partial charge in [-0.3, -0.25) is 0 Å². The Bertz CT molecular complexity index is 537. The molecule has 4 N–H and O–H groups in total. The highest BCUT2D eigenvalue weighted by Gasteiger charge is 2.16. The Morgan fingerprint density at radius 2 is 1.65 bits per heavy atom. The van der Waals surface area contributed by atoms with Gasteiger partial charge < -0.3 is 15.9 Å². The normalized spacial score (nSPS) is 12.4. The average molecular weight is 229 g/mol. The van der Waals surface area contributed by atoms with Crippen molar-refractivity contribution in [3.63, 3.8) is 0 Å². The van der Waals surface area contributed by atoms with Crippen molar-refractivity contribution in [2.24, 2.45) is 0 Å². The van der Waals surface area contributed by atoms with Crippen LogP contribution in [0.25, 0.3) is 0 Å². The molecule has 88 valence electrons. The van der Waals surface area contributed by atoms with E-state index in [4.69, 9.17) is 5.73 Å². The Balaban J connectivity index is 2.48. The molecule has 0 aliphatic heterocycles. The lowest BCUT2D eigenvalue weighted by Crippen LogP contribution is -2.05. The van der Waals surface area contributed by atoms with Crippen molar-refractivity contribution in [2.45, 2.75) is 13.0 Å². The van der Waals surface area contributed by atoms with Gasteiger partial charge in [-0.2, -0.15) is 0 Å². The molecule has 0 heterocycles. The molecule has 0 amide bonds. The second-order valence-corrected chi connectivity index (χ2v) is 4.04. The van der Waals surface area contributed by atoms with Gasteiger partial charge in [0.2, 0.25) is 0 Å². The Labute approximate surface area is 100 Å². The molecule has 1 atom stereocenters. The number of hydrogen-bond acceptors (Lipinski definition) is 3. The van der Waals surface area contributed by atoms with E-state index in [1.54, 1.807) is 12.1 Å². The number of para-hydroxylation sites is 1. The fourth-order valence-electron chi connectivity index (χ4n) is 1.87. The van der Waals surface area contributed by atoms with E-state index in [0.717, 1.165) is 11.1 Å². The minimum Gasteiger partial charge on any atom is -0.506 e. The number of hydrogen-bond donors (Lipinski definition) is 3. The van der Waals surface area contributed by atoms with Gasteiger partial charge in [-0.05, 0) is 24.1 Å². The largest absolute Gasteiger partial charge is 0.506 e. The minimum absolute atomic E-state index is 0.00451. The van der Waals surface area contributed by atoms with Crippen LogP contribution in [0, 0.1) is 6.92 Å². The van der Waals surface area contributed by atoms with Gasteiger partial charge in [0, 0.05) is 5.56 Å². The summed E-state index contributed by atoms with van der Waals surface area (Å²) in [6.45, 7) is 1.93. The van der Waals surface area contributed by atoms with Gasteiger partial charge in [-0.15, -0.1) is 0 Å². The molecule has 0 aromatic heterocycles. The third-order valence-electron chi connectivity index (χ3n) is 2.89. The van der Waals surface area contributed by atoms with Crippen LogP contribution in [0.15, 0.2) is 42.5 Å². The van der Waals surface area contributed by atoms with Crippen molar-refractivity contribution in [3.8, 4) is 5.75 Å². The topological polar surface area (TPSA) is 66.5 Å². The molecule has 3 nitrogen and oxygen atoms in total. The summed E-state index contributed by atoms with van der Waals surface area (Å²) in [5.74, 6) is -0.00451. The molecule has 0 fully saturated rings. The highest BCUT2D eigenvalue weighted by atomic mass is 16.3. The molecule has 0 aliphatic carbocycles. The quantitative estimate of drug-likeness (QED) is 0.547. The van der Waals surface area contributed by atoms with E-state index in [1.165, 1.54) is 6.07 Å². The highest BCUT2D eigenvalue weighted by molar-refractivity contribution is 5.60. The SMILES string of the molecule is Cc1ccccc1C(O)c1cccc(O)c1N. The maximum Gasteiger partial charge on any atom is 0.138 e. The van der Waals surface area contributed by atoms with Gasteiger partial charge in [-0.25, -0.2) is 0 Å². The molecular formula is C14H15NO2. The number of aliphatic hydroxyl groups excluding tert-OH is 1. The number of anilines is 1. The minimum atomic E-state index is -0.816. The van der Waals surface area contributed by atoms with E-state index in [2.05, 4.69) is 0 Å². The number of phenolic OH excluding ortho intramolecular Hbond substituents is 1. The molecule has 2 rings (SSSR count). The third-order valence-corrected chi connectivity index (χ3v) is 2.89. The average Bonchev–Trinajstić information content (AvgIpc) is 2.32. The Kier molecular flexibility index (Phi) is 3.02. The van der Waals surface area contributed by atoms with Crippen molar-refractivity contribution >= 4 is 5.69 Å². The standard InChI is InChI=1S/C14H15NO2/c1-9-5-2-3-6-10(9)14(17)11-7-4-8-12(16)13(11)15/h2-8,14,16-17H,15H2,1H3. The summed E-state index contributed by atoms with van der Waals surface area (Å²) in [6, 6.07) is 12.4. The number of phenols is 1. The van der Waals surface area contributed by atoms with E-state index < -0.39 is 6.10 Å². The molecule has 0 saturated heterocycles. The molecule has 0 radical (unpaired) electrons. The fraction of sp³-hybridized carbons (Fsp3) is 0.143. The summed E-state index contributed by atoms with van der Waals surface area (Å²) in [5.41, 5.74) is 8.30.